The van der Waals surface area contributed by atoms with Crippen LogP contribution in [0.4, 0.5) is 0 Å². The van der Waals surface area contributed by atoms with Crippen molar-refractivity contribution in [1.29, 1.82) is 0 Å². The minimum Gasteiger partial charge on any atom is -0.497 e. The molecule has 0 aliphatic heterocycles. The highest BCUT2D eigenvalue weighted by Crippen LogP contribution is 2.49. The summed E-state index contributed by atoms with van der Waals surface area (Å²) in [6, 6.07) is 8.74. The molecule has 20 heavy (non-hydrogen) atoms. The predicted molar refractivity (Wildman–Crippen MR) is 81.4 cm³/mol. The van der Waals surface area contributed by atoms with E-state index in [0.717, 1.165) is 29.9 Å². The largest absolute Gasteiger partial charge is 0.497 e. The van der Waals surface area contributed by atoms with Crippen molar-refractivity contribution in [2.24, 2.45) is 23.6 Å². The summed E-state index contributed by atoms with van der Waals surface area (Å²) in [5.74, 6) is 9.59. The highest BCUT2D eigenvalue weighted by molar-refractivity contribution is 5.27. The van der Waals surface area contributed by atoms with Crippen molar-refractivity contribution in [3.05, 3.63) is 29.8 Å². The molecule has 2 bridgehead atoms. The number of nitrogens with two attached hydrogens (primary N) is 1. The number of nitrogens with one attached hydrogen (secondary N) is 1. The summed E-state index contributed by atoms with van der Waals surface area (Å²) in [6.45, 7) is 0. The van der Waals surface area contributed by atoms with Crippen LogP contribution >= 0.6 is 0 Å². The first-order chi connectivity index (χ1) is 9.78. The van der Waals surface area contributed by atoms with Crippen LogP contribution in [0.3, 0.4) is 0 Å². The van der Waals surface area contributed by atoms with Crippen molar-refractivity contribution in [3.63, 3.8) is 0 Å². The van der Waals surface area contributed by atoms with Crippen molar-refractivity contribution in [1.82, 2.24) is 5.43 Å². The third kappa shape index (κ3) is 2.99. The third-order valence-electron chi connectivity index (χ3n) is 5.35. The Balaban J connectivity index is 1.56. The molecule has 3 rings (SSSR count). The van der Waals surface area contributed by atoms with Gasteiger partial charge in [0.2, 0.25) is 0 Å². The fourth-order valence-electron chi connectivity index (χ4n) is 4.29. The van der Waals surface area contributed by atoms with Crippen molar-refractivity contribution in [3.8, 4) is 5.75 Å². The summed E-state index contributed by atoms with van der Waals surface area (Å²) in [6.07, 6.45) is 8.07. The zero-order valence-electron chi connectivity index (χ0n) is 12.3. The quantitative estimate of drug-likeness (QED) is 0.619. The van der Waals surface area contributed by atoms with E-state index in [-0.39, 0.29) is 0 Å². The number of hydrazine groups is 1. The van der Waals surface area contributed by atoms with E-state index in [4.69, 9.17) is 10.6 Å². The normalized spacial score (nSPS) is 29.6. The average molecular weight is 274 g/mol. The minimum absolute atomic E-state index is 0.396. The molecule has 3 heteroatoms. The summed E-state index contributed by atoms with van der Waals surface area (Å²) >= 11 is 0. The highest BCUT2D eigenvalue weighted by atomic mass is 16.5. The first-order valence-electron chi connectivity index (χ1n) is 7.87. The lowest BCUT2D eigenvalue weighted by atomic mass is 9.83. The Labute approximate surface area is 121 Å². The molecule has 0 spiro atoms. The molecular weight excluding hydrogens is 248 g/mol. The molecule has 0 amide bonds. The maximum atomic E-state index is 5.78. The van der Waals surface area contributed by atoms with Gasteiger partial charge in [-0.3, -0.25) is 11.3 Å². The molecule has 3 nitrogen and oxygen atoms in total. The summed E-state index contributed by atoms with van der Waals surface area (Å²) in [5.41, 5.74) is 4.36. The Hall–Kier alpha value is -1.06. The second-order valence-corrected chi connectivity index (χ2v) is 6.59. The number of hydrogen-bond acceptors (Lipinski definition) is 3. The topological polar surface area (TPSA) is 47.3 Å². The van der Waals surface area contributed by atoms with Crippen LogP contribution in [0.5, 0.6) is 5.75 Å². The van der Waals surface area contributed by atoms with Crippen LogP contribution in [-0.2, 0) is 6.42 Å². The molecule has 2 aliphatic carbocycles. The van der Waals surface area contributed by atoms with E-state index >= 15 is 0 Å². The Bertz CT molecular complexity index is 431. The summed E-state index contributed by atoms with van der Waals surface area (Å²) < 4.78 is 5.20. The fraction of sp³-hybridized carbons (Fsp3) is 0.647. The number of benzene rings is 1. The highest BCUT2D eigenvalue weighted by Gasteiger charge is 2.39. The molecule has 0 heterocycles. The van der Waals surface area contributed by atoms with E-state index in [1.807, 2.05) is 12.1 Å². The van der Waals surface area contributed by atoms with E-state index in [9.17, 15) is 0 Å². The molecule has 2 fully saturated rings. The van der Waals surface area contributed by atoms with E-state index in [2.05, 4.69) is 17.6 Å². The van der Waals surface area contributed by atoms with Crippen LogP contribution in [0, 0.1) is 17.8 Å². The van der Waals surface area contributed by atoms with Gasteiger partial charge in [0.15, 0.2) is 0 Å². The zero-order chi connectivity index (χ0) is 13.9. The average Bonchev–Trinajstić information content (AvgIpc) is 3.10. The number of methoxy groups -OCH3 is 1. The van der Waals surface area contributed by atoms with Crippen LogP contribution in [0.25, 0.3) is 0 Å². The monoisotopic (exact) mass is 274 g/mol. The van der Waals surface area contributed by atoms with E-state index in [0.29, 0.717) is 6.04 Å². The first kappa shape index (κ1) is 13.9. The standard InChI is InChI=1S/C17H26N2O/c1-20-17-6-3-12(4-7-17)10-16(19-18)11-15-9-13-2-5-14(15)8-13/h3-4,6-7,13-16,19H,2,5,8-11,18H2,1H3. The van der Waals surface area contributed by atoms with Gasteiger partial charge in [0.1, 0.15) is 5.75 Å². The molecule has 110 valence electrons. The molecule has 4 atom stereocenters. The predicted octanol–water partition coefficient (Wildman–Crippen LogP) is 2.90. The van der Waals surface area contributed by atoms with E-state index in [1.54, 1.807) is 7.11 Å². The van der Waals surface area contributed by atoms with Gasteiger partial charge in [0.05, 0.1) is 7.11 Å². The number of rotatable bonds is 6. The first-order valence-corrected chi connectivity index (χ1v) is 7.87. The molecule has 0 radical (unpaired) electrons. The lowest BCUT2D eigenvalue weighted by Crippen LogP contribution is -2.39. The molecule has 1 aromatic rings. The summed E-state index contributed by atoms with van der Waals surface area (Å²) in [4.78, 5) is 0. The lowest BCUT2D eigenvalue weighted by molar-refractivity contribution is 0.277. The fourth-order valence-corrected chi connectivity index (χ4v) is 4.29. The maximum absolute atomic E-state index is 5.78. The van der Waals surface area contributed by atoms with Gasteiger partial charge < -0.3 is 4.74 Å². The van der Waals surface area contributed by atoms with Crippen molar-refractivity contribution in [2.75, 3.05) is 7.11 Å². The summed E-state index contributed by atoms with van der Waals surface area (Å²) in [7, 11) is 1.70. The van der Waals surface area contributed by atoms with Gasteiger partial charge in [-0.15, -0.1) is 0 Å². The Morgan fingerprint density at radius 3 is 2.60 bits per heavy atom. The van der Waals surface area contributed by atoms with E-state index < -0.39 is 0 Å². The van der Waals surface area contributed by atoms with Crippen LogP contribution in [0.15, 0.2) is 24.3 Å². The Morgan fingerprint density at radius 2 is 2.05 bits per heavy atom. The van der Waals surface area contributed by atoms with Gasteiger partial charge in [-0.1, -0.05) is 18.6 Å². The number of hydrogen-bond donors (Lipinski definition) is 2. The zero-order valence-corrected chi connectivity index (χ0v) is 12.3. The molecule has 0 aromatic heterocycles. The molecule has 1 aromatic carbocycles. The van der Waals surface area contributed by atoms with Crippen LogP contribution in [0.1, 0.15) is 37.7 Å². The second kappa shape index (κ2) is 6.15. The second-order valence-electron chi connectivity index (χ2n) is 6.59. The minimum atomic E-state index is 0.396. The smallest absolute Gasteiger partial charge is 0.118 e. The SMILES string of the molecule is COc1ccc(CC(CC2CC3CCC2C3)NN)cc1. The van der Waals surface area contributed by atoms with Crippen molar-refractivity contribution in [2.45, 2.75) is 44.6 Å². The lowest BCUT2D eigenvalue weighted by Gasteiger charge is -2.26. The van der Waals surface area contributed by atoms with Gasteiger partial charge >= 0.3 is 0 Å². The molecule has 2 saturated carbocycles. The third-order valence-corrected chi connectivity index (χ3v) is 5.35. The van der Waals surface area contributed by atoms with E-state index in [1.165, 1.54) is 37.7 Å². The number of ether oxygens (including phenoxy) is 1. The van der Waals surface area contributed by atoms with Crippen LogP contribution < -0.4 is 16.0 Å². The molecule has 4 unspecified atom stereocenters. The molecule has 2 aliphatic rings. The Morgan fingerprint density at radius 1 is 1.25 bits per heavy atom. The van der Waals surface area contributed by atoms with Crippen LogP contribution in [0.2, 0.25) is 0 Å². The van der Waals surface area contributed by atoms with Gasteiger partial charge in [0.25, 0.3) is 0 Å². The Kier molecular flexibility index (Phi) is 4.27. The van der Waals surface area contributed by atoms with Gasteiger partial charge in [0, 0.05) is 6.04 Å². The summed E-state index contributed by atoms with van der Waals surface area (Å²) in [5, 5.41) is 0. The molecular formula is C17H26N2O. The maximum Gasteiger partial charge on any atom is 0.118 e. The van der Waals surface area contributed by atoms with Crippen molar-refractivity contribution >= 4 is 0 Å². The van der Waals surface area contributed by atoms with Gasteiger partial charge in [-0.25, -0.2) is 0 Å². The molecule has 0 saturated heterocycles. The van der Waals surface area contributed by atoms with Crippen molar-refractivity contribution < 1.29 is 4.74 Å². The van der Waals surface area contributed by atoms with Gasteiger partial charge in [-0.05, 0) is 67.6 Å². The number of fused-ring (bicyclic) bond motifs is 2. The van der Waals surface area contributed by atoms with Crippen LogP contribution in [-0.4, -0.2) is 13.2 Å². The van der Waals surface area contributed by atoms with Gasteiger partial charge in [-0.2, -0.15) is 0 Å². The molecule has 3 N–H and O–H groups in total.